The zero-order valence-electron chi connectivity index (χ0n) is 11.9. The molecule has 1 amide bonds. The molecule has 0 aromatic carbocycles. The Morgan fingerprint density at radius 1 is 1.11 bits per heavy atom. The SMILES string of the molecule is CC(=O)OC(=O)C1CCN(C(=O)OC(C)(C)C)CC1. The van der Waals surface area contributed by atoms with Gasteiger partial charge in [-0.05, 0) is 33.6 Å². The van der Waals surface area contributed by atoms with Crippen molar-refractivity contribution in [1.29, 1.82) is 0 Å². The van der Waals surface area contributed by atoms with Gasteiger partial charge in [0.05, 0.1) is 5.92 Å². The first-order chi connectivity index (χ1) is 8.69. The van der Waals surface area contributed by atoms with E-state index in [-0.39, 0.29) is 12.0 Å². The molecule has 0 atom stereocenters. The maximum atomic E-state index is 11.8. The van der Waals surface area contributed by atoms with E-state index < -0.39 is 17.5 Å². The Morgan fingerprint density at radius 3 is 2.05 bits per heavy atom. The molecule has 0 unspecified atom stereocenters. The second-order valence-corrected chi connectivity index (χ2v) is 5.65. The van der Waals surface area contributed by atoms with E-state index in [1.165, 1.54) is 6.92 Å². The van der Waals surface area contributed by atoms with Crippen LogP contribution in [0.5, 0.6) is 0 Å². The maximum absolute atomic E-state index is 11.8. The Balaban J connectivity index is 2.42. The molecule has 0 aliphatic carbocycles. The summed E-state index contributed by atoms with van der Waals surface area (Å²) in [6, 6.07) is 0. The number of likely N-dealkylation sites (tertiary alicyclic amines) is 1. The lowest BCUT2D eigenvalue weighted by atomic mass is 9.97. The average Bonchev–Trinajstić information content (AvgIpc) is 2.26. The van der Waals surface area contributed by atoms with Crippen LogP contribution in [0.15, 0.2) is 0 Å². The molecule has 0 bridgehead atoms. The van der Waals surface area contributed by atoms with E-state index in [0.29, 0.717) is 25.9 Å². The molecule has 19 heavy (non-hydrogen) atoms. The summed E-state index contributed by atoms with van der Waals surface area (Å²) in [6.07, 6.45) is 0.613. The lowest BCUT2D eigenvalue weighted by molar-refractivity contribution is -0.162. The van der Waals surface area contributed by atoms with Crippen LogP contribution in [0.4, 0.5) is 4.79 Å². The Bertz CT molecular complexity index is 364. The fraction of sp³-hybridized carbons (Fsp3) is 0.769. The standard InChI is InChI=1S/C13H21NO5/c1-9(15)18-11(16)10-5-7-14(8-6-10)12(17)19-13(2,3)4/h10H,5-8H2,1-4H3. The number of rotatable bonds is 1. The van der Waals surface area contributed by atoms with Gasteiger partial charge < -0.3 is 14.4 Å². The van der Waals surface area contributed by atoms with Crippen molar-refractivity contribution in [1.82, 2.24) is 4.90 Å². The first-order valence-corrected chi connectivity index (χ1v) is 6.39. The first kappa shape index (κ1) is 15.5. The minimum absolute atomic E-state index is 0.317. The second kappa shape index (κ2) is 6.04. The molecule has 0 aromatic rings. The van der Waals surface area contributed by atoms with E-state index in [4.69, 9.17) is 4.74 Å². The van der Waals surface area contributed by atoms with Crippen LogP contribution in [0.3, 0.4) is 0 Å². The average molecular weight is 271 g/mol. The summed E-state index contributed by atoms with van der Waals surface area (Å²) in [5.41, 5.74) is -0.526. The van der Waals surface area contributed by atoms with Gasteiger partial charge in [-0.25, -0.2) is 4.79 Å². The third kappa shape index (κ3) is 5.28. The van der Waals surface area contributed by atoms with Gasteiger partial charge in [-0.2, -0.15) is 0 Å². The number of hydrogen-bond acceptors (Lipinski definition) is 5. The third-order valence-electron chi connectivity index (χ3n) is 2.72. The monoisotopic (exact) mass is 271 g/mol. The molecular weight excluding hydrogens is 250 g/mol. The van der Waals surface area contributed by atoms with Gasteiger partial charge in [-0.3, -0.25) is 9.59 Å². The summed E-state index contributed by atoms with van der Waals surface area (Å²) in [4.78, 5) is 35.6. The number of esters is 2. The van der Waals surface area contributed by atoms with E-state index in [1.807, 2.05) is 20.8 Å². The van der Waals surface area contributed by atoms with Crippen molar-refractivity contribution >= 4 is 18.0 Å². The molecule has 1 aliphatic rings. The minimum atomic E-state index is -0.598. The van der Waals surface area contributed by atoms with Gasteiger partial charge in [-0.1, -0.05) is 0 Å². The van der Waals surface area contributed by atoms with Gasteiger partial charge in [0, 0.05) is 20.0 Å². The van der Waals surface area contributed by atoms with Gasteiger partial charge in [0.2, 0.25) is 0 Å². The Labute approximate surface area is 113 Å². The highest BCUT2D eigenvalue weighted by atomic mass is 16.6. The van der Waals surface area contributed by atoms with Crippen molar-refractivity contribution in [2.75, 3.05) is 13.1 Å². The van der Waals surface area contributed by atoms with Crippen LogP contribution in [0.25, 0.3) is 0 Å². The molecule has 1 saturated heterocycles. The zero-order chi connectivity index (χ0) is 14.6. The van der Waals surface area contributed by atoms with Crippen molar-refractivity contribution in [3.8, 4) is 0 Å². The summed E-state index contributed by atoms with van der Waals surface area (Å²) in [6.45, 7) is 7.50. The van der Waals surface area contributed by atoms with E-state index >= 15 is 0 Å². The maximum Gasteiger partial charge on any atom is 0.410 e. The van der Waals surface area contributed by atoms with Crippen LogP contribution in [-0.4, -0.2) is 41.6 Å². The Kier molecular flexibility index (Phi) is 4.91. The number of piperidine rings is 1. The highest BCUT2D eigenvalue weighted by Crippen LogP contribution is 2.20. The Hall–Kier alpha value is -1.59. The van der Waals surface area contributed by atoms with Crippen LogP contribution < -0.4 is 0 Å². The summed E-state index contributed by atoms with van der Waals surface area (Å²) < 4.78 is 9.81. The molecule has 0 N–H and O–H groups in total. The van der Waals surface area contributed by atoms with Gasteiger partial charge in [0.25, 0.3) is 0 Å². The number of hydrogen-bond donors (Lipinski definition) is 0. The third-order valence-corrected chi connectivity index (χ3v) is 2.72. The molecule has 6 nitrogen and oxygen atoms in total. The van der Waals surface area contributed by atoms with Crippen LogP contribution in [0.1, 0.15) is 40.5 Å². The number of amides is 1. The molecular formula is C13H21NO5. The van der Waals surface area contributed by atoms with E-state index in [0.717, 1.165) is 0 Å². The van der Waals surface area contributed by atoms with Crippen LogP contribution in [0.2, 0.25) is 0 Å². The molecule has 1 rings (SSSR count). The molecule has 0 radical (unpaired) electrons. The van der Waals surface area contributed by atoms with Crippen molar-refractivity contribution < 1.29 is 23.9 Å². The molecule has 6 heteroatoms. The van der Waals surface area contributed by atoms with Gasteiger partial charge in [0.15, 0.2) is 0 Å². The highest BCUT2D eigenvalue weighted by molar-refractivity contribution is 5.85. The second-order valence-electron chi connectivity index (χ2n) is 5.65. The lowest BCUT2D eigenvalue weighted by Crippen LogP contribution is -2.43. The molecule has 1 fully saturated rings. The molecule has 0 spiro atoms. The van der Waals surface area contributed by atoms with Gasteiger partial charge >= 0.3 is 18.0 Å². The Morgan fingerprint density at radius 2 is 1.63 bits per heavy atom. The van der Waals surface area contributed by atoms with Crippen molar-refractivity contribution in [2.24, 2.45) is 5.92 Å². The quantitative estimate of drug-likeness (QED) is 0.536. The summed E-state index contributed by atoms with van der Waals surface area (Å²) >= 11 is 0. The summed E-state index contributed by atoms with van der Waals surface area (Å²) in [7, 11) is 0. The number of carbonyl (C=O) groups excluding carboxylic acids is 3. The van der Waals surface area contributed by atoms with Crippen LogP contribution in [-0.2, 0) is 19.1 Å². The van der Waals surface area contributed by atoms with Crippen LogP contribution in [0, 0.1) is 5.92 Å². The summed E-state index contributed by atoms with van der Waals surface area (Å²) in [5, 5.41) is 0. The largest absolute Gasteiger partial charge is 0.444 e. The zero-order valence-corrected chi connectivity index (χ0v) is 11.9. The smallest absolute Gasteiger partial charge is 0.410 e. The molecule has 0 aromatic heterocycles. The van der Waals surface area contributed by atoms with Gasteiger partial charge in [-0.15, -0.1) is 0 Å². The molecule has 1 aliphatic heterocycles. The van der Waals surface area contributed by atoms with E-state index in [1.54, 1.807) is 4.90 Å². The highest BCUT2D eigenvalue weighted by Gasteiger charge is 2.31. The van der Waals surface area contributed by atoms with E-state index in [2.05, 4.69) is 4.74 Å². The molecule has 1 heterocycles. The van der Waals surface area contributed by atoms with Crippen molar-refractivity contribution in [2.45, 2.75) is 46.1 Å². The fourth-order valence-electron chi connectivity index (χ4n) is 1.85. The fourth-order valence-corrected chi connectivity index (χ4v) is 1.85. The number of nitrogens with zero attached hydrogens (tertiary/aromatic N) is 1. The molecule has 0 saturated carbocycles. The normalized spacial score (nSPS) is 16.9. The van der Waals surface area contributed by atoms with E-state index in [9.17, 15) is 14.4 Å². The topological polar surface area (TPSA) is 72.9 Å². The number of ether oxygens (including phenoxy) is 2. The van der Waals surface area contributed by atoms with Crippen molar-refractivity contribution in [3.63, 3.8) is 0 Å². The predicted octanol–water partition coefficient (Wildman–Crippen LogP) is 1.72. The number of carbonyl (C=O) groups is 3. The lowest BCUT2D eigenvalue weighted by Gasteiger charge is -2.32. The van der Waals surface area contributed by atoms with Crippen molar-refractivity contribution in [3.05, 3.63) is 0 Å². The van der Waals surface area contributed by atoms with Gasteiger partial charge in [0.1, 0.15) is 5.60 Å². The van der Waals surface area contributed by atoms with Crippen LogP contribution >= 0.6 is 0 Å². The molecule has 108 valence electrons. The summed E-state index contributed by atoms with van der Waals surface area (Å²) in [5.74, 6) is -1.42. The predicted molar refractivity (Wildman–Crippen MR) is 67.3 cm³/mol. The minimum Gasteiger partial charge on any atom is -0.444 e. The first-order valence-electron chi connectivity index (χ1n) is 6.39.